The van der Waals surface area contributed by atoms with Crippen LogP contribution in [0.1, 0.15) is 26.7 Å². The van der Waals surface area contributed by atoms with Crippen LogP contribution in [-0.2, 0) is 9.59 Å². The first-order chi connectivity index (χ1) is 12.3. The molecule has 1 aromatic heterocycles. The summed E-state index contributed by atoms with van der Waals surface area (Å²) >= 11 is 8.25. The minimum atomic E-state index is -0.542. The average Bonchev–Trinajstić information content (AvgIpc) is 3.30. The first kappa shape index (κ1) is 19.1. The third kappa shape index (κ3) is 4.52. The van der Waals surface area contributed by atoms with E-state index < -0.39 is 11.1 Å². The Morgan fingerprint density at radius 2 is 2.15 bits per heavy atom. The van der Waals surface area contributed by atoms with Crippen molar-refractivity contribution in [3.8, 4) is 0 Å². The molecule has 1 atom stereocenters. The lowest BCUT2D eigenvalue weighted by atomic mass is 10.3. The van der Waals surface area contributed by atoms with Crippen molar-refractivity contribution in [1.29, 1.82) is 0 Å². The second-order valence-corrected chi connectivity index (χ2v) is 8.80. The van der Waals surface area contributed by atoms with Crippen molar-refractivity contribution < 1.29 is 14.0 Å². The van der Waals surface area contributed by atoms with Crippen LogP contribution in [0, 0.1) is 5.82 Å². The molecule has 1 saturated carbocycles. The van der Waals surface area contributed by atoms with Crippen LogP contribution in [0.5, 0.6) is 0 Å². The lowest BCUT2D eigenvalue weighted by Gasteiger charge is -2.15. The van der Waals surface area contributed by atoms with Crippen LogP contribution in [0.3, 0.4) is 0 Å². The molecule has 138 valence electrons. The number of nitrogens with one attached hydrogen (secondary N) is 1. The van der Waals surface area contributed by atoms with Gasteiger partial charge >= 0.3 is 0 Å². The van der Waals surface area contributed by atoms with Crippen molar-refractivity contribution in [2.75, 3.05) is 10.2 Å². The summed E-state index contributed by atoms with van der Waals surface area (Å²) in [6.07, 6.45) is 1.95. The summed E-state index contributed by atoms with van der Waals surface area (Å²) in [5.41, 5.74) is 0.420. The van der Waals surface area contributed by atoms with E-state index in [2.05, 4.69) is 15.5 Å². The van der Waals surface area contributed by atoms with E-state index in [4.69, 9.17) is 11.6 Å². The summed E-state index contributed by atoms with van der Waals surface area (Å²) in [7, 11) is 0. The lowest BCUT2D eigenvalue weighted by molar-refractivity contribution is -0.117. The fraction of sp³-hybridized carbons (Fsp3) is 0.375. The van der Waals surface area contributed by atoms with Gasteiger partial charge in [-0.3, -0.25) is 14.5 Å². The maximum absolute atomic E-state index is 13.2. The molecule has 0 bridgehead atoms. The van der Waals surface area contributed by atoms with Crippen LogP contribution in [0.2, 0.25) is 5.02 Å². The van der Waals surface area contributed by atoms with Gasteiger partial charge in [-0.05, 0) is 38.0 Å². The predicted molar refractivity (Wildman–Crippen MR) is 101 cm³/mol. The minimum absolute atomic E-state index is 0.0544. The summed E-state index contributed by atoms with van der Waals surface area (Å²) in [4.78, 5) is 25.7. The van der Waals surface area contributed by atoms with E-state index in [-0.39, 0.29) is 22.9 Å². The zero-order valence-electron chi connectivity index (χ0n) is 14.0. The van der Waals surface area contributed by atoms with Gasteiger partial charge in [0.05, 0.1) is 10.3 Å². The topological polar surface area (TPSA) is 75.2 Å². The van der Waals surface area contributed by atoms with E-state index in [1.807, 2.05) is 0 Å². The summed E-state index contributed by atoms with van der Waals surface area (Å²) in [6.45, 7) is 3.24. The zero-order valence-corrected chi connectivity index (χ0v) is 16.4. The van der Waals surface area contributed by atoms with Crippen molar-refractivity contribution in [3.05, 3.63) is 29.0 Å². The normalized spacial score (nSPS) is 14.8. The highest BCUT2D eigenvalue weighted by Gasteiger charge is 2.34. The van der Waals surface area contributed by atoms with Gasteiger partial charge in [0.2, 0.25) is 16.9 Å². The SMILES string of the molecule is CC(=O)N(c1nnc(SC(C)C(=O)Nc2ccc(F)c(Cl)c2)s1)C1CC1. The molecule has 1 fully saturated rings. The van der Waals surface area contributed by atoms with Gasteiger partial charge in [0, 0.05) is 18.7 Å². The fourth-order valence-corrected chi connectivity index (χ4v) is 4.53. The van der Waals surface area contributed by atoms with Crippen LogP contribution in [0.4, 0.5) is 15.2 Å². The predicted octanol–water partition coefficient (Wildman–Crippen LogP) is 3.97. The molecule has 1 N–H and O–H groups in total. The van der Waals surface area contributed by atoms with Crippen molar-refractivity contribution in [1.82, 2.24) is 10.2 Å². The molecule has 1 heterocycles. The fourth-order valence-electron chi connectivity index (χ4n) is 2.25. The molecular formula is C16H16ClFN4O2S2. The second kappa shape index (κ2) is 7.89. The molecule has 1 unspecified atom stereocenters. The van der Waals surface area contributed by atoms with E-state index in [9.17, 15) is 14.0 Å². The molecule has 0 radical (unpaired) electrons. The molecule has 0 saturated heterocycles. The van der Waals surface area contributed by atoms with Gasteiger partial charge in [0.15, 0.2) is 4.34 Å². The van der Waals surface area contributed by atoms with E-state index in [0.29, 0.717) is 15.2 Å². The van der Waals surface area contributed by atoms with Gasteiger partial charge in [-0.1, -0.05) is 34.7 Å². The quantitative estimate of drug-likeness (QED) is 0.571. The number of nitrogens with zero attached hydrogens (tertiary/aromatic N) is 3. The molecule has 1 aromatic carbocycles. The maximum Gasteiger partial charge on any atom is 0.237 e. The number of halogens is 2. The number of thioether (sulfide) groups is 1. The highest BCUT2D eigenvalue weighted by Crippen LogP contribution is 2.36. The number of carbonyl (C=O) groups is 2. The number of carbonyl (C=O) groups excluding carboxylic acids is 2. The molecule has 2 amide bonds. The Morgan fingerprint density at radius 3 is 2.77 bits per heavy atom. The number of rotatable bonds is 6. The Kier molecular flexibility index (Phi) is 5.79. The smallest absolute Gasteiger partial charge is 0.237 e. The lowest BCUT2D eigenvalue weighted by Crippen LogP contribution is -2.30. The third-order valence-corrected chi connectivity index (χ3v) is 6.08. The standard InChI is InChI=1S/C16H16ClFN4O2S2/c1-8(14(24)19-10-3-6-13(18)12(17)7-10)25-16-21-20-15(26-16)22(9(2)23)11-4-5-11/h3,6-8,11H,4-5H2,1-2H3,(H,19,24). The Bertz CT molecular complexity index is 843. The molecule has 10 heteroatoms. The van der Waals surface area contributed by atoms with Crippen LogP contribution in [0.15, 0.2) is 22.5 Å². The molecular weight excluding hydrogens is 399 g/mol. The van der Waals surface area contributed by atoms with E-state index in [0.717, 1.165) is 12.8 Å². The Morgan fingerprint density at radius 1 is 1.42 bits per heavy atom. The number of hydrogen-bond acceptors (Lipinski definition) is 6. The average molecular weight is 415 g/mol. The van der Waals surface area contributed by atoms with Crippen LogP contribution < -0.4 is 10.2 Å². The van der Waals surface area contributed by atoms with Crippen LogP contribution >= 0.6 is 34.7 Å². The molecule has 3 rings (SSSR count). The Labute approximate surface area is 163 Å². The number of benzene rings is 1. The summed E-state index contributed by atoms with van der Waals surface area (Å²) in [6, 6.07) is 4.21. The zero-order chi connectivity index (χ0) is 18.8. The van der Waals surface area contributed by atoms with Gasteiger partial charge in [-0.2, -0.15) is 0 Å². The van der Waals surface area contributed by atoms with Gasteiger partial charge in [-0.15, -0.1) is 10.2 Å². The molecule has 1 aliphatic carbocycles. The molecule has 0 aliphatic heterocycles. The van der Waals surface area contributed by atoms with Crippen LogP contribution in [0.25, 0.3) is 0 Å². The van der Waals surface area contributed by atoms with Crippen molar-refractivity contribution in [3.63, 3.8) is 0 Å². The third-order valence-electron chi connectivity index (χ3n) is 3.69. The van der Waals surface area contributed by atoms with Gasteiger partial charge in [0.25, 0.3) is 0 Å². The molecule has 0 spiro atoms. The van der Waals surface area contributed by atoms with Gasteiger partial charge < -0.3 is 5.32 Å². The summed E-state index contributed by atoms with van der Waals surface area (Å²) in [5, 5.41) is 10.9. The van der Waals surface area contributed by atoms with E-state index in [1.165, 1.54) is 48.2 Å². The van der Waals surface area contributed by atoms with Crippen LogP contribution in [-0.4, -0.2) is 33.3 Å². The number of hydrogen-bond donors (Lipinski definition) is 1. The van der Waals surface area contributed by atoms with E-state index in [1.54, 1.807) is 11.8 Å². The van der Waals surface area contributed by atoms with Gasteiger partial charge in [0.1, 0.15) is 5.82 Å². The largest absolute Gasteiger partial charge is 0.325 e. The highest BCUT2D eigenvalue weighted by molar-refractivity contribution is 8.02. The first-order valence-electron chi connectivity index (χ1n) is 7.91. The molecule has 26 heavy (non-hydrogen) atoms. The second-order valence-electron chi connectivity index (χ2n) is 5.85. The van der Waals surface area contributed by atoms with Crippen molar-refractivity contribution >= 4 is 57.3 Å². The highest BCUT2D eigenvalue weighted by atomic mass is 35.5. The van der Waals surface area contributed by atoms with Gasteiger partial charge in [-0.25, -0.2) is 4.39 Å². The summed E-state index contributed by atoms with van der Waals surface area (Å²) < 4.78 is 13.8. The number of aromatic nitrogens is 2. The van der Waals surface area contributed by atoms with Crippen molar-refractivity contribution in [2.45, 2.75) is 42.3 Å². The number of amides is 2. The monoisotopic (exact) mass is 414 g/mol. The maximum atomic E-state index is 13.2. The minimum Gasteiger partial charge on any atom is -0.325 e. The first-order valence-corrected chi connectivity index (χ1v) is 9.98. The molecule has 1 aliphatic rings. The molecule has 2 aromatic rings. The van der Waals surface area contributed by atoms with E-state index >= 15 is 0 Å². The Hall–Kier alpha value is -1.71. The van der Waals surface area contributed by atoms with Crippen molar-refractivity contribution in [2.24, 2.45) is 0 Å². The number of anilines is 2. The summed E-state index contributed by atoms with van der Waals surface area (Å²) in [5.74, 6) is -0.863. The molecule has 6 nitrogen and oxygen atoms in total. The Balaban J connectivity index is 1.62.